The average molecular weight is 551 g/mol. The van der Waals surface area contributed by atoms with Gasteiger partial charge in [-0.05, 0) is 35.7 Å². The molecule has 3 aromatic rings. The molecule has 8 nitrogen and oxygen atoms in total. The third kappa shape index (κ3) is 7.39. The van der Waals surface area contributed by atoms with Crippen LogP contribution in [0.3, 0.4) is 0 Å². The van der Waals surface area contributed by atoms with Crippen LogP contribution in [0.2, 0.25) is 0 Å². The number of aliphatic hydroxyl groups is 1. The highest BCUT2D eigenvalue weighted by molar-refractivity contribution is 7.99. The fourth-order valence-corrected chi connectivity index (χ4v) is 5.66. The number of benzene rings is 3. The molecule has 0 bridgehead atoms. The normalized spacial score (nSPS) is 20.8. The van der Waals surface area contributed by atoms with Crippen molar-refractivity contribution in [3.63, 3.8) is 0 Å². The number of hydrogen-bond acceptors (Lipinski definition) is 6. The number of aliphatic hydroxyl groups excluding tert-OH is 1. The molecule has 1 fully saturated rings. The summed E-state index contributed by atoms with van der Waals surface area (Å²) in [6, 6.07) is 22.2. The Balaban J connectivity index is 1.54. The highest BCUT2D eigenvalue weighted by Gasteiger charge is 2.38. The van der Waals surface area contributed by atoms with Gasteiger partial charge in [0.1, 0.15) is 0 Å². The van der Waals surface area contributed by atoms with Crippen molar-refractivity contribution >= 4 is 23.8 Å². The summed E-state index contributed by atoms with van der Waals surface area (Å²) in [6.07, 6.45) is -1.12. The molecule has 0 aromatic heterocycles. The van der Waals surface area contributed by atoms with Gasteiger partial charge in [0, 0.05) is 35.2 Å². The minimum Gasteiger partial charge on any atom is -0.478 e. The van der Waals surface area contributed by atoms with E-state index in [0.29, 0.717) is 23.7 Å². The molecule has 4 atom stereocenters. The van der Waals surface area contributed by atoms with Gasteiger partial charge in [0.15, 0.2) is 6.29 Å². The van der Waals surface area contributed by atoms with Gasteiger partial charge in [-0.3, -0.25) is 0 Å². The first-order valence-electron chi connectivity index (χ1n) is 13.0. The van der Waals surface area contributed by atoms with Gasteiger partial charge < -0.3 is 30.3 Å². The lowest BCUT2D eigenvalue weighted by Crippen LogP contribution is -2.38. The summed E-state index contributed by atoms with van der Waals surface area (Å²) >= 11 is 1.46. The van der Waals surface area contributed by atoms with E-state index in [-0.39, 0.29) is 36.3 Å². The van der Waals surface area contributed by atoms with Crippen molar-refractivity contribution in [2.45, 2.75) is 50.4 Å². The Bertz CT molecular complexity index is 1250. The Morgan fingerprint density at radius 1 is 0.897 bits per heavy atom. The Kier molecular flexibility index (Phi) is 10.00. The van der Waals surface area contributed by atoms with Crippen molar-refractivity contribution in [1.82, 2.24) is 10.6 Å². The third-order valence-corrected chi connectivity index (χ3v) is 7.85. The zero-order valence-electron chi connectivity index (χ0n) is 22.0. The minimum absolute atomic E-state index is 0.0220. The number of rotatable bonds is 10. The fourth-order valence-electron chi connectivity index (χ4n) is 4.45. The van der Waals surface area contributed by atoms with Crippen molar-refractivity contribution in [3.05, 3.63) is 101 Å². The van der Waals surface area contributed by atoms with E-state index < -0.39 is 12.3 Å². The number of thioether (sulfide) groups is 1. The van der Waals surface area contributed by atoms with Gasteiger partial charge in [-0.15, -0.1) is 11.8 Å². The predicted octanol–water partition coefficient (Wildman–Crippen LogP) is 5.28. The molecular formula is C30H34N2O6S. The van der Waals surface area contributed by atoms with E-state index in [1.165, 1.54) is 11.8 Å². The number of aromatic carboxylic acids is 1. The quantitative estimate of drug-likeness (QED) is 0.254. The van der Waals surface area contributed by atoms with Crippen LogP contribution in [0.1, 0.15) is 58.9 Å². The maximum Gasteiger partial charge on any atom is 0.336 e. The van der Waals surface area contributed by atoms with Crippen LogP contribution < -0.4 is 10.6 Å². The molecule has 4 unspecified atom stereocenters. The zero-order chi connectivity index (χ0) is 27.8. The van der Waals surface area contributed by atoms with Crippen LogP contribution in [-0.4, -0.2) is 40.6 Å². The SMILES string of the molecule is CCNC(=O)NCc1ccc(C2OC(CSc3ccccc3C(=O)O)C(C)C(c3ccc(CO)cc3)O2)cc1. The first-order chi connectivity index (χ1) is 18.9. The van der Waals surface area contributed by atoms with Gasteiger partial charge in [0.2, 0.25) is 0 Å². The maximum absolute atomic E-state index is 11.7. The summed E-state index contributed by atoms with van der Waals surface area (Å²) in [6.45, 7) is 4.87. The van der Waals surface area contributed by atoms with Crippen molar-refractivity contribution in [2.24, 2.45) is 5.92 Å². The van der Waals surface area contributed by atoms with Gasteiger partial charge in [-0.25, -0.2) is 9.59 Å². The van der Waals surface area contributed by atoms with E-state index in [1.54, 1.807) is 12.1 Å². The lowest BCUT2D eigenvalue weighted by Gasteiger charge is -2.41. The lowest BCUT2D eigenvalue weighted by atomic mass is 9.91. The number of nitrogens with one attached hydrogen (secondary N) is 2. The largest absolute Gasteiger partial charge is 0.478 e. The lowest BCUT2D eigenvalue weighted by molar-refractivity contribution is -0.268. The van der Waals surface area contributed by atoms with E-state index in [0.717, 1.165) is 22.3 Å². The molecule has 1 saturated heterocycles. The zero-order valence-corrected chi connectivity index (χ0v) is 22.8. The Morgan fingerprint density at radius 2 is 1.56 bits per heavy atom. The summed E-state index contributed by atoms with van der Waals surface area (Å²) in [7, 11) is 0. The molecule has 0 aliphatic carbocycles. The molecular weight excluding hydrogens is 516 g/mol. The number of ether oxygens (including phenoxy) is 2. The van der Waals surface area contributed by atoms with Crippen LogP contribution in [0.4, 0.5) is 4.79 Å². The molecule has 4 N–H and O–H groups in total. The second kappa shape index (κ2) is 13.6. The number of hydrogen-bond donors (Lipinski definition) is 4. The summed E-state index contributed by atoms with van der Waals surface area (Å²) < 4.78 is 13.0. The van der Waals surface area contributed by atoms with Gasteiger partial charge in [0.25, 0.3) is 0 Å². The summed E-state index contributed by atoms with van der Waals surface area (Å²) in [5, 5.41) is 24.6. The van der Waals surface area contributed by atoms with E-state index in [1.807, 2.05) is 67.6 Å². The fraction of sp³-hybridized carbons (Fsp3) is 0.333. The average Bonchev–Trinajstić information content (AvgIpc) is 2.96. The number of urea groups is 1. The second-order valence-corrected chi connectivity index (χ2v) is 10.5. The Morgan fingerprint density at radius 3 is 2.23 bits per heavy atom. The Hall–Kier alpha value is -3.37. The van der Waals surface area contributed by atoms with Crippen molar-refractivity contribution < 1.29 is 29.3 Å². The van der Waals surface area contributed by atoms with E-state index >= 15 is 0 Å². The maximum atomic E-state index is 11.7. The van der Waals surface area contributed by atoms with E-state index in [2.05, 4.69) is 17.6 Å². The van der Waals surface area contributed by atoms with Crippen LogP contribution in [0.5, 0.6) is 0 Å². The van der Waals surface area contributed by atoms with Gasteiger partial charge in [-0.2, -0.15) is 0 Å². The van der Waals surface area contributed by atoms with E-state index in [4.69, 9.17) is 9.47 Å². The molecule has 0 radical (unpaired) electrons. The summed E-state index contributed by atoms with van der Waals surface area (Å²) in [5.74, 6) is -0.433. The van der Waals surface area contributed by atoms with Crippen LogP contribution in [0, 0.1) is 5.92 Å². The molecule has 0 saturated carbocycles. The number of carbonyl (C=O) groups is 2. The standard InChI is InChI=1S/C30H34N2O6S/c1-3-31-30(36)32-16-20-8-14-23(15-9-20)29-37-25(18-39-26-7-5-4-6-24(26)28(34)35)19(2)27(38-29)22-12-10-21(17-33)11-13-22/h4-15,19,25,27,29,33H,3,16-18H2,1-2H3,(H,34,35)(H2,31,32,36). The van der Waals surface area contributed by atoms with Gasteiger partial charge >= 0.3 is 12.0 Å². The Labute approximate surface area is 232 Å². The van der Waals surface area contributed by atoms with Crippen molar-refractivity contribution in [3.8, 4) is 0 Å². The minimum atomic E-state index is -0.958. The number of carboxylic acid groups (broad SMARTS) is 1. The molecule has 9 heteroatoms. The molecule has 39 heavy (non-hydrogen) atoms. The molecule has 1 aliphatic heterocycles. The van der Waals surface area contributed by atoms with Crippen LogP contribution in [-0.2, 0) is 22.6 Å². The molecule has 4 rings (SSSR count). The monoisotopic (exact) mass is 550 g/mol. The molecule has 1 aliphatic rings. The number of carboxylic acids is 1. The summed E-state index contributed by atoms with van der Waals surface area (Å²) in [4.78, 5) is 24.1. The van der Waals surface area contributed by atoms with Crippen LogP contribution in [0.25, 0.3) is 0 Å². The van der Waals surface area contributed by atoms with Gasteiger partial charge in [0.05, 0.1) is 24.4 Å². The number of amides is 2. The second-order valence-electron chi connectivity index (χ2n) is 9.39. The molecule has 2 amide bonds. The molecule has 3 aromatic carbocycles. The van der Waals surface area contributed by atoms with Crippen LogP contribution in [0.15, 0.2) is 77.7 Å². The van der Waals surface area contributed by atoms with E-state index in [9.17, 15) is 19.8 Å². The third-order valence-electron chi connectivity index (χ3n) is 6.69. The molecule has 1 heterocycles. The van der Waals surface area contributed by atoms with Gasteiger partial charge in [-0.1, -0.05) is 67.6 Å². The summed E-state index contributed by atoms with van der Waals surface area (Å²) in [5.41, 5.74) is 3.87. The van der Waals surface area contributed by atoms with Crippen molar-refractivity contribution in [2.75, 3.05) is 12.3 Å². The number of carbonyl (C=O) groups excluding carboxylic acids is 1. The van der Waals surface area contributed by atoms with Crippen LogP contribution >= 0.6 is 11.8 Å². The topological polar surface area (TPSA) is 117 Å². The predicted molar refractivity (Wildman–Crippen MR) is 149 cm³/mol. The highest BCUT2D eigenvalue weighted by Crippen LogP contribution is 2.43. The highest BCUT2D eigenvalue weighted by atomic mass is 32.2. The molecule has 206 valence electrons. The molecule has 0 spiro atoms. The smallest absolute Gasteiger partial charge is 0.336 e. The van der Waals surface area contributed by atoms with Crippen molar-refractivity contribution in [1.29, 1.82) is 0 Å². The first-order valence-corrected chi connectivity index (χ1v) is 13.9. The first kappa shape index (κ1) is 28.6.